The molecule has 0 spiro atoms. The summed E-state index contributed by atoms with van der Waals surface area (Å²) in [6.07, 6.45) is 1.71. The molecule has 1 aromatic carbocycles. The Kier molecular flexibility index (Phi) is 5.57. The van der Waals surface area contributed by atoms with Gasteiger partial charge in [0.2, 0.25) is 5.88 Å². The van der Waals surface area contributed by atoms with Crippen molar-refractivity contribution in [3.05, 3.63) is 71.9 Å². The topological polar surface area (TPSA) is 75.2 Å². The maximum absolute atomic E-state index is 9.53. The number of aromatic nitrogens is 3. The van der Waals surface area contributed by atoms with Gasteiger partial charge in [-0.25, -0.2) is 9.50 Å². The Morgan fingerprint density at radius 1 is 1.06 bits per heavy atom. The lowest BCUT2D eigenvalue weighted by Crippen LogP contribution is -2.10. The number of methoxy groups -OCH3 is 1. The van der Waals surface area contributed by atoms with E-state index in [0.29, 0.717) is 11.4 Å². The molecule has 0 radical (unpaired) electrons. The second-order valence-electron chi connectivity index (χ2n) is 8.14. The Morgan fingerprint density at radius 3 is 2.45 bits per heavy atom. The zero-order valence-corrected chi connectivity index (χ0v) is 18.7. The quantitative estimate of drug-likeness (QED) is 0.411. The monoisotopic (exact) mass is 429 g/mol. The first-order valence-electron chi connectivity index (χ1n) is 9.86. The van der Waals surface area contributed by atoms with Crippen molar-refractivity contribution in [3.63, 3.8) is 0 Å². The first kappa shape index (κ1) is 20.8. The van der Waals surface area contributed by atoms with E-state index >= 15 is 0 Å². The van der Waals surface area contributed by atoms with Crippen LogP contribution in [0.15, 0.2) is 65.7 Å². The molecule has 0 atom stereocenters. The van der Waals surface area contributed by atoms with Crippen LogP contribution < -0.4 is 9.46 Å². The number of anilines is 1. The second-order valence-corrected chi connectivity index (χ2v) is 9.02. The number of rotatable bonds is 5. The Balaban J connectivity index is 1.63. The Morgan fingerprint density at radius 2 is 1.84 bits per heavy atom. The van der Waals surface area contributed by atoms with Crippen LogP contribution in [0.25, 0.3) is 16.8 Å². The summed E-state index contributed by atoms with van der Waals surface area (Å²) in [6, 6.07) is 20.0. The maximum atomic E-state index is 9.53. The highest BCUT2D eigenvalue weighted by Crippen LogP contribution is 2.29. The molecule has 4 aromatic rings. The number of nitrogens with zero attached hydrogens (tertiary/aromatic N) is 4. The summed E-state index contributed by atoms with van der Waals surface area (Å²) in [5.74, 6) is 1.33. The van der Waals surface area contributed by atoms with Gasteiger partial charge in [-0.05, 0) is 59.3 Å². The lowest BCUT2D eigenvalue weighted by atomic mass is 9.87. The number of hydrogen-bond donors (Lipinski definition) is 1. The normalized spacial score (nSPS) is 11.3. The molecular weight excluding hydrogens is 406 g/mol. The van der Waals surface area contributed by atoms with Crippen LogP contribution in [-0.2, 0) is 5.41 Å². The summed E-state index contributed by atoms with van der Waals surface area (Å²) in [4.78, 5) is 5.35. The molecular formula is C24H23N5OS. The highest BCUT2D eigenvalue weighted by Gasteiger charge is 2.14. The third-order valence-electron chi connectivity index (χ3n) is 4.98. The van der Waals surface area contributed by atoms with Crippen molar-refractivity contribution >= 4 is 23.3 Å². The number of fused-ring (bicyclic) bond motifs is 1. The van der Waals surface area contributed by atoms with Crippen molar-refractivity contribution in [1.29, 1.82) is 5.26 Å². The molecule has 4 rings (SSSR count). The molecule has 156 valence electrons. The molecule has 7 heteroatoms. The predicted molar refractivity (Wildman–Crippen MR) is 124 cm³/mol. The fourth-order valence-corrected chi connectivity index (χ4v) is 3.82. The van der Waals surface area contributed by atoms with Gasteiger partial charge in [0.05, 0.1) is 23.9 Å². The minimum atomic E-state index is 0.123. The Hall–Kier alpha value is -3.50. The van der Waals surface area contributed by atoms with E-state index in [1.165, 1.54) is 17.5 Å². The minimum Gasteiger partial charge on any atom is -0.481 e. The third kappa shape index (κ3) is 4.35. The maximum Gasteiger partial charge on any atom is 0.212 e. The fourth-order valence-electron chi connectivity index (χ4n) is 3.17. The van der Waals surface area contributed by atoms with Crippen LogP contribution in [0.3, 0.4) is 0 Å². The van der Waals surface area contributed by atoms with Gasteiger partial charge in [-0.3, -0.25) is 0 Å². The number of nitriles is 1. The highest BCUT2D eigenvalue weighted by atomic mass is 32.2. The van der Waals surface area contributed by atoms with Crippen LogP contribution in [0, 0.1) is 11.3 Å². The minimum absolute atomic E-state index is 0.123. The summed E-state index contributed by atoms with van der Waals surface area (Å²) in [5.41, 5.74) is 4.30. The summed E-state index contributed by atoms with van der Waals surface area (Å²) in [6.45, 7) is 6.61. The molecule has 0 unspecified atom stereocenters. The van der Waals surface area contributed by atoms with E-state index in [2.05, 4.69) is 60.8 Å². The van der Waals surface area contributed by atoms with Crippen molar-refractivity contribution in [2.75, 3.05) is 11.8 Å². The van der Waals surface area contributed by atoms with Crippen LogP contribution >= 0.6 is 11.9 Å². The standard InChI is InChI=1S/C24H23N5OS/c1-24(2,3)18-7-9-19(10-8-18)31-28-22-11-5-16(14-25)21-13-20(27-29(21)22)17-6-12-23(30-4)26-15-17/h5-13,15,28H,1-4H3. The van der Waals surface area contributed by atoms with E-state index in [4.69, 9.17) is 9.84 Å². The number of hydrogen-bond acceptors (Lipinski definition) is 6. The van der Waals surface area contributed by atoms with Crippen molar-refractivity contribution in [2.24, 2.45) is 0 Å². The molecule has 1 N–H and O–H groups in total. The Bertz CT molecular complexity index is 1250. The van der Waals surface area contributed by atoms with Crippen molar-refractivity contribution in [3.8, 4) is 23.2 Å². The van der Waals surface area contributed by atoms with Crippen LogP contribution in [-0.4, -0.2) is 21.7 Å². The molecule has 0 bridgehead atoms. The van der Waals surface area contributed by atoms with E-state index in [-0.39, 0.29) is 5.41 Å². The third-order valence-corrected chi connectivity index (χ3v) is 5.80. The number of ether oxygens (including phenoxy) is 1. The first-order valence-corrected chi connectivity index (χ1v) is 10.7. The van der Waals surface area contributed by atoms with Gasteiger partial charge in [-0.15, -0.1) is 0 Å². The zero-order valence-electron chi connectivity index (χ0n) is 17.9. The molecule has 31 heavy (non-hydrogen) atoms. The van der Waals surface area contributed by atoms with Gasteiger partial charge < -0.3 is 9.46 Å². The SMILES string of the molecule is COc1ccc(-c2cc3c(C#N)ccc(NSc4ccc(C(C)(C)C)cc4)n3n2)cn1. The number of nitrogens with one attached hydrogen (secondary N) is 1. The molecule has 0 amide bonds. The van der Waals surface area contributed by atoms with Gasteiger partial charge in [0, 0.05) is 22.7 Å². The summed E-state index contributed by atoms with van der Waals surface area (Å²) in [5, 5.41) is 14.2. The number of pyridine rings is 2. The predicted octanol–water partition coefficient (Wildman–Crippen LogP) is 5.69. The molecule has 0 fully saturated rings. The molecule has 3 heterocycles. The molecule has 6 nitrogen and oxygen atoms in total. The largest absolute Gasteiger partial charge is 0.481 e. The molecule has 0 aliphatic heterocycles. The second kappa shape index (κ2) is 8.32. The first-order chi connectivity index (χ1) is 14.9. The summed E-state index contributed by atoms with van der Waals surface area (Å²) in [7, 11) is 1.58. The molecule has 0 aliphatic rings. The average Bonchev–Trinajstić information content (AvgIpc) is 3.23. The van der Waals surface area contributed by atoms with Crippen LogP contribution in [0.4, 0.5) is 5.82 Å². The van der Waals surface area contributed by atoms with E-state index in [9.17, 15) is 5.26 Å². The summed E-state index contributed by atoms with van der Waals surface area (Å²) < 4.78 is 10.3. The number of benzene rings is 1. The van der Waals surface area contributed by atoms with Crippen molar-refractivity contribution in [2.45, 2.75) is 31.1 Å². The van der Waals surface area contributed by atoms with Crippen LogP contribution in [0.1, 0.15) is 31.9 Å². The van der Waals surface area contributed by atoms with Crippen molar-refractivity contribution < 1.29 is 4.74 Å². The molecule has 3 aromatic heterocycles. The van der Waals surface area contributed by atoms with E-state index < -0.39 is 0 Å². The van der Waals surface area contributed by atoms with Gasteiger partial charge in [0.15, 0.2) is 0 Å². The van der Waals surface area contributed by atoms with E-state index in [1.54, 1.807) is 30.0 Å². The lowest BCUT2D eigenvalue weighted by Gasteiger charge is -2.19. The van der Waals surface area contributed by atoms with Crippen molar-refractivity contribution in [1.82, 2.24) is 14.6 Å². The lowest BCUT2D eigenvalue weighted by molar-refractivity contribution is 0.398. The highest BCUT2D eigenvalue weighted by molar-refractivity contribution is 8.00. The van der Waals surface area contributed by atoms with E-state index in [0.717, 1.165) is 27.5 Å². The molecule has 0 saturated heterocycles. The average molecular weight is 430 g/mol. The van der Waals surface area contributed by atoms with Gasteiger partial charge in [0.1, 0.15) is 11.9 Å². The molecule has 0 aliphatic carbocycles. The van der Waals surface area contributed by atoms with Gasteiger partial charge in [-0.1, -0.05) is 32.9 Å². The smallest absolute Gasteiger partial charge is 0.212 e. The van der Waals surface area contributed by atoms with Crippen LogP contribution in [0.2, 0.25) is 0 Å². The zero-order chi connectivity index (χ0) is 22.0. The van der Waals surface area contributed by atoms with Gasteiger partial charge >= 0.3 is 0 Å². The van der Waals surface area contributed by atoms with Crippen LogP contribution in [0.5, 0.6) is 5.88 Å². The fraction of sp³-hybridized carbons (Fsp3) is 0.208. The van der Waals surface area contributed by atoms with Gasteiger partial charge in [0.25, 0.3) is 0 Å². The Labute approximate surface area is 186 Å². The van der Waals surface area contributed by atoms with Gasteiger partial charge in [-0.2, -0.15) is 10.4 Å². The molecule has 0 saturated carbocycles. The summed E-state index contributed by atoms with van der Waals surface area (Å²) >= 11 is 1.51. The van der Waals surface area contributed by atoms with E-state index in [1.807, 2.05) is 18.2 Å².